The molecule has 0 saturated heterocycles. The van der Waals surface area contributed by atoms with Crippen LogP contribution in [0.3, 0.4) is 0 Å². The average molecular weight is 195 g/mol. The largest absolute Gasteiger partial charge is 0.501 e. The van der Waals surface area contributed by atoms with Crippen molar-refractivity contribution in [2.24, 2.45) is 0 Å². The zero-order chi connectivity index (χ0) is 11.0. The van der Waals surface area contributed by atoms with Crippen LogP contribution in [-0.2, 0) is 4.74 Å². The van der Waals surface area contributed by atoms with Crippen molar-refractivity contribution in [2.45, 2.75) is 13.8 Å². The monoisotopic (exact) mass is 195 g/mol. The number of ether oxygens (including phenoxy) is 1. The molecule has 0 atom stereocenters. The van der Waals surface area contributed by atoms with Gasteiger partial charge in [0.25, 0.3) is 0 Å². The lowest BCUT2D eigenvalue weighted by Gasteiger charge is -2.12. The van der Waals surface area contributed by atoms with Gasteiger partial charge in [-0.25, -0.2) is 0 Å². The second-order valence-electron chi connectivity index (χ2n) is 3.33. The van der Waals surface area contributed by atoms with Crippen LogP contribution in [0.15, 0.2) is 36.1 Å². The van der Waals surface area contributed by atoms with Gasteiger partial charge in [0.1, 0.15) is 0 Å². The minimum absolute atomic E-state index is 0.901. The lowest BCUT2D eigenvalue weighted by Crippen LogP contribution is -2.19. The highest BCUT2D eigenvalue weighted by Crippen LogP contribution is 1.98. The molecule has 0 aromatic heterocycles. The highest BCUT2D eigenvalue weighted by Gasteiger charge is 1.93. The van der Waals surface area contributed by atoms with Gasteiger partial charge in [0.05, 0.1) is 12.9 Å². The van der Waals surface area contributed by atoms with E-state index in [1.54, 1.807) is 7.11 Å². The molecule has 0 heterocycles. The number of hydrogen-bond donors (Lipinski definition) is 0. The van der Waals surface area contributed by atoms with Crippen LogP contribution in [0.2, 0.25) is 0 Å². The van der Waals surface area contributed by atoms with E-state index in [4.69, 9.17) is 4.74 Å². The second-order valence-corrected chi connectivity index (χ2v) is 3.33. The summed E-state index contributed by atoms with van der Waals surface area (Å²) in [6.45, 7) is 9.97. The molecule has 0 bridgehead atoms. The third kappa shape index (κ3) is 6.49. The standard InChI is InChI=1S/C12H21NO/c1-6-13(4)10-11(2)8-7-9-12(3)14-5/h7-9H,2,6,10H2,1,3-5H3/b8-7-,12-9+. The normalized spacial score (nSPS) is 12.5. The lowest BCUT2D eigenvalue weighted by atomic mass is 10.2. The highest BCUT2D eigenvalue weighted by molar-refractivity contribution is 5.21. The van der Waals surface area contributed by atoms with Crippen LogP contribution in [0.4, 0.5) is 0 Å². The fourth-order valence-corrected chi connectivity index (χ4v) is 0.899. The summed E-state index contributed by atoms with van der Waals surface area (Å²) in [7, 11) is 3.74. The number of hydrogen-bond acceptors (Lipinski definition) is 2. The Kier molecular flexibility index (Phi) is 6.85. The molecule has 80 valence electrons. The molecule has 0 aromatic carbocycles. The van der Waals surface area contributed by atoms with Crippen LogP contribution in [-0.4, -0.2) is 32.1 Å². The van der Waals surface area contributed by atoms with Crippen molar-refractivity contribution >= 4 is 0 Å². The third-order valence-electron chi connectivity index (χ3n) is 2.00. The molecule has 0 aliphatic rings. The predicted molar refractivity (Wildman–Crippen MR) is 62.2 cm³/mol. The van der Waals surface area contributed by atoms with Gasteiger partial charge in [-0.15, -0.1) is 0 Å². The first-order valence-electron chi connectivity index (χ1n) is 4.85. The molecule has 0 aromatic rings. The molecule has 2 heteroatoms. The van der Waals surface area contributed by atoms with Crippen LogP contribution in [0, 0.1) is 0 Å². The van der Waals surface area contributed by atoms with E-state index >= 15 is 0 Å². The number of methoxy groups -OCH3 is 1. The van der Waals surface area contributed by atoms with Crippen LogP contribution in [0.5, 0.6) is 0 Å². The van der Waals surface area contributed by atoms with Gasteiger partial charge in [-0.3, -0.25) is 0 Å². The number of rotatable bonds is 6. The van der Waals surface area contributed by atoms with Crippen molar-refractivity contribution < 1.29 is 4.74 Å². The third-order valence-corrected chi connectivity index (χ3v) is 2.00. The molecule has 0 unspecified atom stereocenters. The van der Waals surface area contributed by atoms with Crippen LogP contribution in [0.1, 0.15) is 13.8 Å². The van der Waals surface area contributed by atoms with Gasteiger partial charge < -0.3 is 9.64 Å². The molecule has 0 radical (unpaired) electrons. The number of allylic oxidation sites excluding steroid dienone is 3. The first-order chi connectivity index (χ1) is 6.60. The van der Waals surface area contributed by atoms with E-state index in [-0.39, 0.29) is 0 Å². The van der Waals surface area contributed by atoms with E-state index in [2.05, 4.69) is 25.5 Å². The summed E-state index contributed by atoms with van der Waals surface area (Å²) in [5.41, 5.74) is 1.11. The summed E-state index contributed by atoms with van der Waals surface area (Å²) in [5.74, 6) is 0.901. The molecule has 0 amide bonds. The molecular weight excluding hydrogens is 174 g/mol. The molecular formula is C12H21NO. The maximum Gasteiger partial charge on any atom is 0.0924 e. The Hall–Kier alpha value is -1.02. The SMILES string of the molecule is C=C(/C=C\C=C(/C)OC)CN(C)CC. The molecule has 0 fully saturated rings. The van der Waals surface area contributed by atoms with Crippen molar-refractivity contribution in [3.05, 3.63) is 36.1 Å². The Morgan fingerprint density at radius 2 is 2.14 bits per heavy atom. The zero-order valence-corrected chi connectivity index (χ0v) is 9.71. The Balaban J connectivity index is 3.94. The van der Waals surface area contributed by atoms with E-state index in [1.165, 1.54) is 0 Å². The molecule has 14 heavy (non-hydrogen) atoms. The maximum absolute atomic E-state index is 5.00. The van der Waals surface area contributed by atoms with Gasteiger partial charge in [-0.05, 0) is 32.2 Å². The molecule has 0 spiro atoms. The van der Waals surface area contributed by atoms with Gasteiger partial charge in [0.2, 0.25) is 0 Å². The van der Waals surface area contributed by atoms with Crippen LogP contribution in [0.25, 0.3) is 0 Å². The predicted octanol–water partition coefficient (Wildman–Crippen LogP) is 2.60. The summed E-state index contributed by atoms with van der Waals surface area (Å²) in [6.07, 6.45) is 5.90. The first kappa shape index (κ1) is 13.0. The van der Waals surface area contributed by atoms with Crippen LogP contribution >= 0.6 is 0 Å². The number of likely N-dealkylation sites (N-methyl/N-ethyl adjacent to an activating group) is 1. The molecule has 0 saturated carbocycles. The fraction of sp³-hybridized carbons (Fsp3) is 0.500. The molecule has 0 aliphatic heterocycles. The zero-order valence-electron chi connectivity index (χ0n) is 9.71. The lowest BCUT2D eigenvalue weighted by molar-refractivity contribution is 0.294. The highest BCUT2D eigenvalue weighted by atomic mass is 16.5. The topological polar surface area (TPSA) is 12.5 Å². The Bertz CT molecular complexity index is 228. The average Bonchev–Trinajstić information content (AvgIpc) is 2.17. The number of nitrogens with zero attached hydrogens (tertiary/aromatic N) is 1. The second kappa shape index (κ2) is 7.39. The van der Waals surface area contributed by atoms with Crippen LogP contribution < -0.4 is 0 Å². The Morgan fingerprint density at radius 1 is 1.50 bits per heavy atom. The maximum atomic E-state index is 5.00. The van der Waals surface area contributed by atoms with Gasteiger partial charge in [0, 0.05) is 6.54 Å². The van der Waals surface area contributed by atoms with E-state index < -0.39 is 0 Å². The van der Waals surface area contributed by atoms with Gasteiger partial charge in [-0.1, -0.05) is 25.7 Å². The van der Waals surface area contributed by atoms with Crippen molar-refractivity contribution in [1.82, 2.24) is 4.90 Å². The van der Waals surface area contributed by atoms with Gasteiger partial charge in [0.15, 0.2) is 0 Å². The van der Waals surface area contributed by atoms with E-state index in [0.717, 1.165) is 24.4 Å². The Morgan fingerprint density at radius 3 is 2.64 bits per heavy atom. The van der Waals surface area contributed by atoms with Crippen molar-refractivity contribution in [3.8, 4) is 0 Å². The van der Waals surface area contributed by atoms with E-state index in [0.29, 0.717) is 0 Å². The summed E-state index contributed by atoms with van der Waals surface area (Å²) < 4.78 is 5.00. The Labute approximate surface area is 87.6 Å². The van der Waals surface area contributed by atoms with Gasteiger partial charge >= 0.3 is 0 Å². The minimum atomic E-state index is 0.901. The van der Waals surface area contributed by atoms with E-state index in [1.807, 2.05) is 25.2 Å². The van der Waals surface area contributed by atoms with Gasteiger partial charge in [-0.2, -0.15) is 0 Å². The summed E-state index contributed by atoms with van der Waals surface area (Å²) in [5, 5.41) is 0. The fourth-order valence-electron chi connectivity index (χ4n) is 0.899. The quantitative estimate of drug-likeness (QED) is 0.477. The molecule has 2 nitrogen and oxygen atoms in total. The van der Waals surface area contributed by atoms with E-state index in [9.17, 15) is 0 Å². The van der Waals surface area contributed by atoms with Crippen molar-refractivity contribution in [2.75, 3.05) is 27.2 Å². The molecule has 0 aliphatic carbocycles. The smallest absolute Gasteiger partial charge is 0.0924 e. The molecule has 0 rings (SSSR count). The summed E-state index contributed by atoms with van der Waals surface area (Å²) in [6, 6.07) is 0. The summed E-state index contributed by atoms with van der Waals surface area (Å²) >= 11 is 0. The summed E-state index contributed by atoms with van der Waals surface area (Å²) in [4.78, 5) is 2.21. The minimum Gasteiger partial charge on any atom is -0.501 e. The van der Waals surface area contributed by atoms with Crippen molar-refractivity contribution in [1.29, 1.82) is 0 Å². The van der Waals surface area contributed by atoms with Crippen molar-refractivity contribution in [3.63, 3.8) is 0 Å². The first-order valence-corrected chi connectivity index (χ1v) is 4.85. The molecule has 0 N–H and O–H groups in total.